The third-order valence-corrected chi connectivity index (χ3v) is 1.99. The summed E-state index contributed by atoms with van der Waals surface area (Å²) in [6.45, 7) is 0. The highest BCUT2D eigenvalue weighted by atomic mass is 16.5. The van der Waals surface area contributed by atoms with Crippen molar-refractivity contribution in [1.82, 2.24) is 4.98 Å². The highest BCUT2D eigenvalue weighted by molar-refractivity contribution is 5.46. The van der Waals surface area contributed by atoms with Gasteiger partial charge in [-0.15, -0.1) is 0 Å². The van der Waals surface area contributed by atoms with Crippen molar-refractivity contribution >= 4 is 0 Å². The van der Waals surface area contributed by atoms with E-state index in [4.69, 9.17) is 10.00 Å². The van der Waals surface area contributed by atoms with Gasteiger partial charge in [-0.3, -0.25) is 4.98 Å². The number of rotatable bonds is 2. The molecule has 0 aliphatic carbocycles. The lowest BCUT2D eigenvalue weighted by Crippen LogP contribution is -1.89. The second-order valence-electron chi connectivity index (χ2n) is 3.05. The van der Waals surface area contributed by atoms with Gasteiger partial charge < -0.3 is 9.84 Å². The number of hydrogen-bond donors (Lipinski definition) is 1. The number of nitriles is 1. The summed E-state index contributed by atoms with van der Waals surface area (Å²) < 4.78 is 5.40. The third-order valence-electron chi connectivity index (χ3n) is 1.99. The van der Waals surface area contributed by atoms with E-state index in [1.54, 1.807) is 24.3 Å². The Morgan fingerprint density at radius 2 is 2.00 bits per heavy atom. The minimum Gasteiger partial charge on any atom is -0.504 e. The molecule has 0 fully saturated rings. The predicted molar refractivity (Wildman–Crippen MR) is 57.1 cm³/mol. The molecule has 1 aromatic heterocycles. The lowest BCUT2D eigenvalue weighted by atomic mass is 10.2. The zero-order valence-corrected chi connectivity index (χ0v) is 8.29. The molecule has 0 radical (unpaired) electrons. The van der Waals surface area contributed by atoms with Gasteiger partial charge in [-0.1, -0.05) is 12.1 Å². The summed E-state index contributed by atoms with van der Waals surface area (Å²) in [5.74, 6) is 0.647. The molecule has 0 aliphatic heterocycles. The first-order valence-electron chi connectivity index (χ1n) is 4.61. The van der Waals surface area contributed by atoms with Crippen LogP contribution in [0.2, 0.25) is 0 Å². The first kappa shape index (κ1) is 9.99. The van der Waals surface area contributed by atoms with E-state index in [2.05, 4.69) is 4.98 Å². The van der Waals surface area contributed by atoms with Gasteiger partial charge in [0.25, 0.3) is 0 Å². The minimum absolute atomic E-state index is 0.0234. The summed E-state index contributed by atoms with van der Waals surface area (Å²) in [5.41, 5.74) is 0.373. The van der Waals surface area contributed by atoms with Crippen LogP contribution in [0.3, 0.4) is 0 Å². The summed E-state index contributed by atoms with van der Waals surface area (Å²) in [7, 11) is 0. The maximum absolute atomic E-state index is 9.51. The number of para-hydroxylation sites is 2. The van der Waals surface area contributed by atoms with Crippen LogP contribution < -0.4 is 4.74 Å². The van der Waals surface area contributed by atoms with E-state index < -0.39 is 0 Å². The standard InChI is InChI=1S/C12H8N2O2/c13-7-9-5-6-14-8-12(9)16-11-4-2-1-3-10(11)15/h1-6,8,15H. The van der Waals surface area contributed by atoms with E-state index in [9.17, 15) is 5.11 Å². The highest BCUT2D eigenvalue weighted by Gasteiger charge is 2.06. The molecule has 0 spiro atoms. The number of aromatic hydroxyl groups is 1. The van der Waals surface area contributed by atoms with Gasteiger partial charge in [0.05, 0.1) is 11.8 Å². The molecule has 16 heavy (non-hydrogen) atoms. The molecule has 78 valence electrons. The fourth-order valence-corrected chi connectivity index (χ4v) is 1.22. The summed E-state index contributed by atoms with van der Waals surface area (Å²) in [6.07, 6.45) is 2.95. The molecule has 0 saturated carbocycles. The molecule has 0 bridgehead atoms. The largest absolute Gasteiger partial charge is 0.504 e. The Hall–Kier alpha value is -2.54. The van der Waals surface area contributed by atoms with Crippen molar-refractivity contribution in [1.29, 1.82) is 5.26 Å². The topological polar surface area (TPSA) is 66.1 Å². The van der Waals surface area contributed by atoms with Gasteiger partial charge >= 0.3 is 0 Å². The summed E-state index contributed by atoms with van der Waals surface area (Å²) in [5, 5.41) is 18.4. The van der Waals surface area contributed by atoms with Crippen LogP contribution in [0.1, 0.15) is 5.56 Å². The van der Waals surface area contributed by atoms with Crippen LogP contribution >= 0.6 is 0 Å². The van der Waals surface area contributed by atoms with Crippen molar-refractivity contribution in [3.8, 4) is 23.3 Å². The maximum atomic E-state index is 9.51. The van der Waals surface area contributed by atoms with E-state index >= 15 is 0 Å². The Balaban J connectivity index is 2.35. The van der Waals surface area contributed by atoms with Gasteiger partial charge in [-0.05, 0) is 18.2 Å². The zero-order chi connectivity index (χ0) is 11.4. The molecule has 0 aliphatic rings. The Kier molecular flexibility index (Phi) is 2.70. The lowest BCUT2D eigenvalue weighted by molar-refractivity contribution is 0.410. The average Bonchev–Trinajstić information content (AvgIpc) is 2.33. The monoisotopic (exact) mass is 212 g/mol. The molecule has 1 aromatic carbocycles. The van der Waals surface area contributed by atoms with Crippen molar-refractivity contribution in [2.75, 3.05) is 0 Å². The fourth-order valence-electron chi connectivity index (χ4n) is 1.22. The van der Waals surface area contributed by atoms with Crippen molar-refractivity contribution in [2.45, 2.75) is 0 Å². The summed E-state index contributed by atoms with van der Waals surface area (Å²) in [4.78, 5) is 3.86. The summed E-state index contributed by atoms with van der Waals surface area (Å²) >= 11 is 0. The Labute approximate surface area is 92.4 Å². The van der Waals surface area contributed by atoms with Crippen LogP contribution in [-0.2, 0) is 0 Å². The van der Waals surface area contributed by atoms with E-state index in [1.807, 2.05) is 6.07 Å². The van der Waals surface area contributed by atoms with E-state index in [0.717, 1.165) is 0 Å². The third kappa shape index (κ3) is 1.93. The van der Waals surface area contributed by atoms with Crippen LogP contribution in [0.4, 0.5) is 0 Å². The molecular weight excluding hydrogens is 204 g/mol. The maximum Gasteiger partial charge on any atom is 0.169 e. The number of nitrogens with zero attached hydrogens (tertiary/aromatic N) is 2. The Morgan fingerprint density at radius 3 is 2.75 bits per heavy atom. The Morgan fingerprint density at radius 1 is 1.19 bits per heavy atom. The number of benzene rings is 1. The molecule has 1 N–H and O–H groups in total. The van der Waals surface area contributed by atoms with Gasteiger partial charge in [-0.2, -0.15) is 5.26 Å². The van der Waals surface area contributed by atoms with Gasteiger partial charge in [-0.25, -0.2) is 0 Å². The number of pyridine rings is 1. The summed E-state index contributed by atoms with van der Waals surface area (Å²) in [6, 6.07) is 10.1. The van der Waals surface area contributed by atoms with Gasteiger partial charge in [0.2, 0.25) is 0 Å². The number of hydrogen-bond acceptors (Lipinski definition) is 4. The molecular formula is C12H8N2O2. The number of ether oxygens (including phenoxy) is 1. The normalized spacial score (nSPS) is 9.44. The zero-order valence-electron chi connectivity index (χ0n) is 8.29. The molecule has 1 heterocycles. The second-order valence-corrected chi connectivity index (χ2v) is 3.05. The minimum atomic E-state index is 0.0234. The van der Waals surface area contributed by atoms with Crippen LogP contribution in [0.5, 0.6) is 17.2 Å². The van der Waals surface area contributed by atoms with Crippen LogP contribution in [-0.4, -0.2) is 10.1 Å². The molecule has 0 atom stereocenters. The fraction of sp³-hybridized carbons (Fsp3) is 0. The number of phenols is 1. The van der Waals surface area contributed by atoms with Gasteiger partial charge in [0, 0.05) is 6.20 Å². The van der Waals surface area contributed by atoms with Gasteiger partial charge in [0.15, 0.2) is 17.2 Å². The smallest absolute Gasteiger partial charge is 0.169 e. The lowest BCUT2D eigenvalue weighted by Gasteiger charge is -2.07. The van der Waals surface area contributed by atoms with Gasteiger partial charge in [0.1, 0.15) is 6.07 Å². The van der Waals surface area contributed by atoms with E-state index in [0.29, 0.717) is 17.1 Å². The first-order valence-corrected chi connectivity index (χ1v) is 4.61. The first-order chi connectivity index (χ1) is 7.81. The Bertz CT molecular complexity index is 547. The SMILES string of the molecule is N#Cc1ccncc1Oc1ccccc1O. The van der Waals surface area contributed by atoms with E-state index in [-0.39, 0.29) is 5.75 Å². The molecule has 0 amide bonds. The van der Waals surface area contributed by atoms with Crippen LogP contribution in [0, 0.1) is 11.3 Å². The van der Waals surface area contributed by atoms with Crippen molar-refractivity contribution < 1.29 is 9.84 Å². The van der Waals surface area contributed by atoms with Crippen molar-refractivity contribution in [3.05, 3.63) is 48.3 Å². The molecule has 4 heteroatoms. The van der Waals surface area contributed by atoms with E-state index in [1.165, 1.54) is 18.5 Å². The van der Waals surface area contributed by atoms with Crippen molar-refractivity contribution in [3.63, 3.8) is 0 Å². The quantitative estimate of drug-likeness (QED) is 0.830. The predicted octanol–water partition coefficient (Wildman–Crippen LogP) is 2.45. The second kappa shape index (κ2) is 4.32. The number of aromatic nitrogens is 1. The van der Waals surface area contributed by atoms with Crippen LogP contribution in [0.25, 0.3) is 0 Å². The number of phenolic OH excluding ortho intramolecular Hbond substituents is 1. The van der Waals surface area contributed by atoms with Crippen molar-refractivity contribution in [2.24, 2.45) is 0 Å². The molecule has 2 rings (SSSR count). The van der Waals surface area contributed by atoms with Crippen LogP contribution in [0.15, 0.2) is 42.7 Å². The molecule has 2 aromatic rings. The average molecular weight is 212 g/mol. The molecule has 0 unspecified atom stereocenters. The molecule has 0 saturated heterocycles. The highest BCUT2D eigenvalue weighted by Crippen LogP contribution is 2.30. The molecule has 4 nitrogen and oxygen atoms in total.